The number of aryl methyl sites for hydroxylation is 1. The van der Waals surface area contributed by atoms with E-state index in [0.29, 0.717) is 19.6 Å². The van der Waals surface area contributed by atoms with Crippen LogP contribution >= 0.6 is 0 Å². The summed E-state index contributed by atoms with van der Waals surface area (Å²) in [5.41, 5.74) is 2.12. The molecule has 102 valence electrons. The maximum absolute atomic E-state index is 8.60. The van der Waals surface area contributed by atoms with Crippen LogP contribution in [0.25, 0.3) is 0 Å². The van der Waals surface area contributed by atoms with Gasteiger partial charge in [0, 0.05) is 0 Å². The lowest BCUT2D eigenvalue weighted by atomic mass is 10.2. The van der Waals surface area contributed by atoms with Crippen LogP contribution in [0.3, 0.4) is 0 Å². The van der Waals surface area contributed by atoms with Crippen LogP contribution in [0, 0.1) is 18.3 Å². The smallest absolute Gasteiger partial charge is 0.122 e. The molecular weight excluding hydrogens is 250 g/mol. The zero-order valence-electron chi connectivity index (χ0n) is 11.5. The average Bonchev–Trinajstić information content (AvgIpc) is 2.47. The quantitative estimate of drug-likeness (QED) is 0.752. The van der Waals surface area contributed by atoms with Crippen LogP contribution in [-0.4, -0.2) is 13.2 Å². The highest BCUT2D eigenvalue weighted by atomic mass is 16.5. The maximum Gasteiger partial charge on any atom is 0.122 e. The van der Waals surface area contributed by atoms with Crippen LogP contribution in [-0.2, 0) is 6.42 Å². The van der Waals surface area contributed by atoms with E-state index in [4.69, 9.17) is 14.7 Å². The van der Waals surface area contributed by atoms with Crippen molar-refractivity contribution in [2.75, 3.05) is 13.2 Å². The number of ether oxygens (including phenoxy) is 2. The minimum absolute atomic E-state index is 0.427. The number of benzene rings is 2. The van der Waals surface area contributed by atoms with Crippen molar-refractivity contribution in [2.24, 2.45) is 0 Å². The summed E-state index contributed by atoms with van der Waals surface area (Å²) in [5, 5.41) is 8.60. The fourth-order valence-electron chi connectivity index (χ4n) is 1.82. The van der Waals surface area contributed by atoms with Gasteiger partial charge in [0.25, 0.3) is 0 Å². The Balaban J connectivity index is 1.76. The maximum atomic E-state index is 8.60. The SMILES string of the molecule is Cc1ccccc1OCCOc1ccc(CC#N)cc1. The molecule has 2 rings (SSSR count). The number of hydrogen-bond acceptors (Lipinski definition) is 3. The molecule has 0 fully saturated rings. The van der Waals surface area contributed by atoms with E-state index in [9.17, 15) is 0 Å². The Hall–Kier alpha value is -2.47. The molecule has 0 aromatic heterocycles. The molecule has 2 aromatic rings. The Morgan fingerprint density at radius 2 is 1.65 bits per heavy atom. The van der Waals surface area contributed by atoms with Gasteiger partial charge in [0.1, 0.15) is 24.7 Å². The van der Waals surface area contributed by atoms with E-state index in [1.54, 1.807) is 0 Å². The van der Waals surface area contributed by atoms with Gasteiger partial charge in [0.15, 0.2) is 0 Å². The second-order valence-corrected chi connectivity index (χ2v) is 4.44. The molecule has 3 heteroatoms. The number of para-hydroxylation sites is 1. The molecule has 0 saturated carbocycles. The zero-order chi connectivity index (χ0) is 14.2. The number of nitrogens with zero attached hydrogens (tertiary/aromatic N) is 1. The van der Waals surface area contributed by atoms with Crippen LogP contribution in [0.4, 0.5) is 0 Å². The largest absolute Gasteiger partial charge is 0.490 e. The predicted molar refractivity (Wildman–Crippen MR) is 77.9 cm³/mol. The second kappa shape index (κ2) is 7.20. The van der Waals surface area contributed by atoms with Gasteiger partial charge in [-0.05, 0) is 36.2 Å². The molecule has 0 atom stereocenters. The molecule has 0 heterocycles. The molecule has 0 aliphatic heterocycles. The molecule has 0 radical (unpaired) electrons. The van der Waals surface area contributed by atoms with Crippen LogP contribution in [0.1, 0.15) is 11.1 Å². The van der Waals surface area contributed by atoms with Gasteiger partial charge >= 0.3 is 0 Å². The first kappa shape index (κ1) is 14.0. The van der Waals surface area contributed by atoms with Gasteiger partial charge in [-0.3, -0.25) is 0 Å². The van der Waals surface area contributed by atoms with E-state index in [0.717, 1.165) is 22.6 Å². The molecule has 0 N–H and O–H groups in total. The highest BCUT2D eigenvalue weighted by Gasteiger charge is 1.99. The van der Waals surface area contributed by atoms with E-state index in [1.165, 1.54) is 0 Å². The first-order valence-electron chi connectivity index (χ1n) is 6.57. The summed E-state index contributed by atoms with van der Waals surface area (Å²) < 4.78 is 11.2. The van der Waals surface area contributed by atoms with Gasteiger partial charge in [0.05, 0.1) is 12.5 Å². The first-order valence-corrected chi connectivity index (χ1v) is 6.57. The van der Waals surface area contributed by atoms with Crippen LogP contribution in [0.5, 0.6) is 11.5 Å². The topological polar surface area (TPSA) is 42.2 Å². The van der Waals surface area contributed by atoms with E-state index in [1.807, 2.05) is 55.5 Å². The molecule has 0 bridgehead atoms. The minimum Gasteiger partial charge on any atom is -0.490 e. The Labute approximate surface area is 119 Å². The van der Waals surface area contributed by atoms with Gasteiger partial charge in [-0.2, -0.15) is 5.26 Å². The van der Waals surface area contributed by atoms with Crippen LogP contribution in [0.2, 0.25) is 0 Å². The Kier molecular flexibility index (Phi) is 5.02. The normalized spacial score (nSPS) is 9.80. The van der Waals surface area contributed by atoms with Gasteiger partial charge in [-0.25, -0.2) is 0 Å². The van der Waals surface area contributed by atoms with Crippen LogP contribution < -0.4 is 9.47 Å². The first-order chi connectivity index (χ1) is 9.79. The third-order valence-corrected chi connectivity index (χ3v) is 2.91. The summed E-state index contributed by atoms with van der Waals surface area (Å²) in [6.45, 7) is 3.01. The van der Waals surface area contributed by atoms with Crippen molar-refractivity contribution in [3.63, 3.8) is 0 Å². The molecule has 0 unspecified atom stereocenters. The fraction of sp³-hybridized carbons (Fsp3) is 0.235. The predicted octanol–water partition coefficient (Wildman–Crippen LogP) is 3.52. The highest BCUT2D eigenvalue weighted by Crippen LogP contribution is 2.16. The summed E-state index contributed by atoms with van der Waals surface area (Å²) in [6, 6.07) is 17.6. The van der Waals surface area contributed by atoms with E-state index in [-0.39, 0.29) is 0 Å². The molecule has 20 heavy (non-hydrogen) atoms. The van der Waals surface area contributed by atoms with E-state index in [2.05, 4.69) is 6.07 Å². The third kappa shape index (κ3) is 4.03. The van der Waals surface area contributed by atoms with Crippen molar-refractivity contribution in [2.45, 2.75) is 13.3 Å². The summed E-state index contributed by atoms with van der Waals surface area (Å²) in [4.78, 5) is 0. The monoisotopic (exact) mass is 267 g/mol. The van der Waals surface area contributed by atoms with Crippen molar-refractivity contribution in [1.82, 2.24) is 0 Å². The summed E-state index contributed by atoms with van der Waals surface area (Å²) in [6.07, 6.45) is 0.427. The van der Waals surface area contributed by atoms with Crippen molar-refractivity contribution >= 4 is 0 Å². The van der Waals surface area contributed by atoms with Crippen LogP contribution in [0.15, 0.2) is 48.5 Å². The van der Waals surface area contributed by atoms with Gasteiger partial charge in [0.2, 0.25) is 0 Å². The van der Waals surface area contributed by atoms with E-state index < -0.39 is 0 Å². The molecule has 0 aliphatic rings. The number of nitriles is 1. The number of rotatable bonds is 6. The van der Waals surface area contributed by atoms with Crippen molar-refractivity contribution in [1.29, 1.82) is 5.26 Å². The van der Waals surface area contributed by atoms with Crippen molar-refractivity contribution < 1.29 is 9.47 Å². The lowest BCUT2D eigenvalue weighted by Gasteiger charge is -2.10. The molecule has 0 spiro atoms. The molecule has 0 amide bonds. The molecule has 0 saturated heterocycles. The molecule has 0 aliphatic carbocycles. The van der Waals surface area contributed by atoms with Gasteiger partial charge in [-0.1, -0.05) is 30.3 Å². The summed E-state index contributed by atoms with van der Waals surface area (Å²) >= 11 is 0. The van der Waals surface area contributed by atoms with Gasteiger partial charge < -0.3 is 9.47 Å². The Morgan fingerprint density at radius 3 is 2.35 bits per heavy atom. The highest BCUT2D eigenvalue weighted by molar-refractivity contribution is 5.31. The molecular formula is C17H17NO2. The molecule has 3 nitrogen and oxygen atoms in total. The van der Waals surface area contributed by atoms with Crippen molar-refractivity contribution in [3.05, 3.63) is 59.7 Å². The lowest BCUT2D eigenvalue weighted by molar-refractivity contribution is 0.216. The fourth-order valence-corrected chi connectivity index (χ4v) is 1.82. The minimum atomic E-state index is 0.427. The standard InChI is InChI=1S/C17H17NO2/c1-14-4-2-3-5-17(14)20-13-12-19-16-8-6-15(7-9-16)10-11-18/h2-9H,10,12-13H2,1H3. The Bertz CT molecular complexity index is 585. The zero-order valence-corrected chi connectivity index (χ0v) is 11.5. The average molecular weight is 267 g/mol. The summed E-state index contributed by atoms with van der Waals surface area (Å²) in [5.74, 6) is 1.68. The molecule has 2 aromatic carbocycles. The number of hydrogen-bond donors (Lipinski definition) is 0. The third-order valence-electron chi connectivity index (χ3n) is 2.91. The van der Waals surface area contributed by atoms with Gasteiger partial charge in [-0.15, -0.1) is 0 Å². The van der Waals surface area contributed by atoms with E-state index >= 15 is 0 Å². The Morgan fingerprint density at radius 1 is 0.950 bits per heavy atom. The second-order valence-electron chi connectivity index (χ2n) is 4.44. The van der Waals surface area contributed by atoms with Crippen molar-refractivity contribution in [3.8, 4) is 17.6 Å². The summed E-state index contributed by atoms with van der Waals surface area (Å²) in [7, 11) is 0. The lowest BCUT2D eigenvalue weighted by Crippen LogP contribution is -2.09.